The van der Waals surface area contributed by atoms with Gasteiger partial charge in [-0.05, 0) is 67.5 Å². The average Bonchev–Trinajstić information content (AvgIpc) is 3.05. The van der Waals surface area contributed by atoms with E-state index >= 15 is 0 Å². The van der Waals surface area contributed by atoms with E-state index in [0.717, 1.165) is 5.56 Å². The van der Waals surface area contributed by atoms with Crippen molar-refractivity contribution in [1.29, 1.82) is 0 Å². The highest BCUT2D eigenvalue weighted by Crippen LogP contribution is 2.30. The molecule has 2 N–H and O–H groups in total. The van der Waals surface area contributed by atoms with E-state index in [0.29, 0.717) is 35.7 Å². The van der Waals surface area contributed by atoms with E-state index in [-0.39, 0.29) is 24.0 Å². The maximum absolute atomic E-state index is 13.2. The van der Waals surface area contributed by atoms with Gasteiger partial charge in [-0.25, -0.2) is 4.79 Å². The number of hydrogen-bond donors (Lipinski definition) is 1. The third-order valence-corrected chi connectivity index (χ3v) is 5.86. The Morgan fingerprint density at radius 3 is 2.32 bits per heavy atom. The number of nitrogens with zero attached hydrogens (tertiary/aromatic N) is 2. The Hall–Kier alpha value is -3.66. The van der Waals surface area contributed by atoms with Crippen molar-refractivity contribution in [3.05, 3.63) is 53.6 Å². The van der Waals surface area contributed by atoms with Gasteiger partial charge in [0.25, 0.3) is 5.91 Å². The second kappa shape index (κ2) is 11.0. The Labute approximate surface area is 203 Å². The van der Waals surface area contributed by atoms with Crippen molar-refractivity contribution in [2.75, 3.05) is 32.3 Å². The van der Waals surface area contributed by atoms with Crippen molar-refractivity contribution < 1.29 is 28.6 Å². The standard InChI is InChI=1S/C24H27N3O6S/c1-4-33-23(30)16-6-8-17(9-7-16)27-22(29)18(14-21(25)28)26(24(27)34)12-11-15-5-10-19(31-2)20(13-15)32-3/h5-10,13,18H,4,11-12,14H2,1-3H3,(H2,25,28)/t18-/m1/s1. The Bertz CT molecular complexity index is 1090. The first-order chi connectivity index (χ1) is 16.3. The molecule has 0 aliphatic carbocycles. The van der Waals surface area contributed by atoms with Crippen molar-refractivity contribution in [3.8, 4) is 11.5 Å². The van der Waals surface area contributed by atoms with Gasteiger partial charge in [-0.15, -0.1) is 0 Å². The Morgan fingerprint density at radius 2 is 1.74 bits per heavy atom. The molecule has 1 atom stereocenters. The summed E-state index contributed by atoms with van der Waals surface area (Å²) < 4.78 is 15.6. The van der Waals surface area contributed by atoms with Crippen LogP contribution in [0.25, 0.3) is 0 Å². The lowest BCUT2D eigenvalue weighted by molar-refractivity contribution is -0.125. The van der Waals surface area contributed by atoms with Crippen LogP contribution in [-0.4, -0.2) is 61.2 Å². The first kappa shape index (κ1) is 25.0. The van der Waals surface area contributed by atoms with Gasteiger partial charge >= 0.3 is 5.97 Å². The summed E-state index contributed by atoms with van der Waals surface area (Å²) in [5, 5.41) is 0.264. The van der Waals surface area contributed by atoms with Crippen molar-refractivity contribution in [3.63, 3.8) is 0 Å². The molecule has 1 aliphatic rings. The smallest absolute Gasteiger partial charge is 0.338 e. The molecule has 0 saturated carbocycles. The van der Waals surface area contributed by atoms with Gasteiger partial charge in [-0.3, -0.25) is 14.5 Å². The third-order valence-electron chi connectivity index (χ3n) is 5.44. The third kappa shape index (κ3) is 5.28. The van der Waals surface area contributed by atoms with Crippen molar-refractivity contribution >= 4 is 40.8 Å². The van der Waals surface area contributed by atoms with Gasteiger partial charge in [-0.1, -0.05) is 6.07 Å². The lowest BCUT2D eigenvalue weighted by Crippen LogP contribution is -2.39. The normalized spacial score (nSPS) is 15.4. The first-order valence-corrected chi connectivity index (χ1v) is 11.1. The van der Waals surface area contributed by atoms with Crippen LogP contribution >= 0.6 is 12.2 Å². The fourth-order valence-corrected chi connectivity index (χ4v) is 4.18. The van der Waals surface area contributed by atoms with Gasteiger partial charge in [-0.2, -0.15) is 0 Å². The van der Waals surface area contributed by atoms with Gasteiger partial charge in [0.2, 0.25) is 5.91 Å². The fraction of sp³-hybridized carbons (Fsp3) is 0.333. The minimum absolute atomic E-state index is 0.164. The SMILES string of the molecule is CCOC(=O)c1ccc(N2C(=O)[C@@H](CC(N)=O)N(CCc3ccc(OC)c(OC)c3)C2=S)cc1. The predicted octanol–water partition coefficient (Wildman–Crippen LogP) is 2.30. The van der Waals surface area contributed by atoms with Gasteiger partial charge in [0.05, 0.1) is 38.5 Å². The average molecular weight is 486 g/mol. The number of nitrogens with two attached hydrogens (primary N) is 1. The fourth-order valence-electron chi connectivity index (χ4n) is 3.76. The van der Waals surface area contributed by atoms with Crippen LogP contribution in [0.4, 0.5) is 5.69 Å². The number of hydrogen-bond acceptors (Lipinski definition) is 7. The summed E-state index contributed by atoms with van der Waals surface area (Å²) in [5.41, 5.74) is 7.23. The molecule has 0 bridgehead atoms. The molecule has 10 heteroatoms. The molecule has 2 aromatic carbocycles. The molecular weight excluding hydrogens is 458 g/mol. The largest absolute Gasteiger partial charge is 0.493 e. The van der Waals surface area contributed by atoms with Crippen molar-refractivity contribution in [1.82, 2.24) is 4.90 Å². The first-order valence-electron chi connectivity index (χ1n) is 10.7. The molecule has 2 amide bonds. The number of rotatable bonds is 10. The lowest BCUT2D eigenvalue weighted by Gasteiger charge is -2.23. The van der Waals surface area contributed by atoms with Crippen LogP contribution in [0.15, 0.2) is 42.5 Å². The van der Waals surface area contributed by atoms with Crippen LogP contribution in [0.3, 0.4) is 0 Å². The molecule has 1 heterocycles. The number of methoxy groups -OCH3 is 2. The summed E-state index contributed by atoms with van der Waals surface area (Å²) in [6.07, 6.45) is 0.376. The maximum atomic E-state index is 13.2. The Morgan fingerprint density at radius 1 is 1.06 bits per heavy atom. The number of thiocarbonyl (C=S) groups is 1. The maximum Gasteiger partial charge on any atom is 0.338 e. The molecule has 9 nitrogen and oxygen atoms in total. The van der Waals surface area contributed by atoms with Gasteiger partial charge in [0.15, 0.2) is 16.6 Å². The van der Waals surface area contributed by atoms with Crippen LogP contribution in [0, 0.1) is 0 Å². The zero-order chi connectivity index (χ0) is 24.8. The van der Waals surface area contributed by atoms with E-state index in [1.807, 2.05) is 12.1 Å². The topological polar surface area (TPSA) is 111 Å². The molecule has 1 aliphatic heterocycles. The number of esters is 1. The van der Waals surface area contributed by atoms with Crippen LogP contribution < -0.4 is 20.1 Å². The summed E-state index contributed by atoms with van der Waals surface area (Å²) in [6.45, 7) is 2.37. The summed E-state index contributed by atoms with van der Waals surface area (Å²) >= 11 is 5.62. The predicted molar refractivity (Wildman–Crippen MR) is 130 cm³/mol. The quantitative estimate of drug-likeness (QED) is 0.403. The molecule has 0 unspecified atom stereocenters. The summed E-state index contributed by atoms with van der Waals surface area (Å²) in [5.74, 6) is -0.191. The number of carbonyl (C=O) groups excluding carboxylic acids is 3. The zero-order valence-corrected chi connectivity index (χ0v) is 20.1. The van der Waals surface area contributed by atoms with E-state index < -0.39 is 17.9 Å². The van der Waals surface area contributed by atoms with E-state index in [1.165, 1.54) is 4.90 Å². The number of primary amides is 1. The molecule has 180 valence electrons. The lowest BCUT2D eigenvalue weighted by atomic mass is 10.1. The number of carbonyl (C=O) groups is 3. The van der Waals surface area contributed by atoms with Gasteiger partial charge in [0, 0.05) is 6.54 Å². The molecule has 0 spiro atoms. The number of anilines is 1. The summed E-state index contributed by atoms with van der Waals surface area (Å²) in [4.78, 5) is 40.0. The molecular formula is C24H27N3O6S. The van der Waals surface area contributed by atoms with Gasteiger partial charge < -0.3 is 24.8 Å². The van der Waals surface area contributed by atoms with Crippen LogP contribution in [-0.2, 0) is 20.7 Å². The molecule has 0 radical (unpaired) electrons. The highest BCUT2D eigenvalue weighted by atomic mass is 32.1. The summed E-state index contributed by atoms with van der Waals surface area (Å²) in [7, 11) is 3.12. The molecule has 2 aromatic rings. The second-order valence-electron chi connectivity index (χ2n) is 7.54. The molecule has 3 rings (SSSR count). The molecule has 0 aromatic heterocycles. The van der Waals surface area contributed by atoms with Crippen LogP contribution in [0.2, 0.25) is 0 Å². The zero-order valence-electron chi connectivity index (χ0n) is 19.3. The summed E-state index contributed by atoms with van der Waals surface area (Å²) in [6, 6.07) is 11.1. The molecule has 34 heavy (non-hydrogen) atoms. The Balaban J connectivity index is 1.82. The van der Waals surface area contributed by atoms with Gasteiger partial charge in [0.1, 0.15) is 6.04 Å². The van der Waals surface area contributed by atoms with E-state index in [4.69, 9.17) is 32.2 Å². The van der Waals surface area contributed by atoms with E-state index in [9.17, 15) is 14.4 Å². The second-order valence-corrected chi connectivity index (χ2v) is 7.91. The minimum atomic E-state index is -0.810. The highest BCUT2D eigenvalue weighted by Gasteiger charge is 2.43. The number of benzene rings is 2. The minimum Gasteiger partial charge on any atom is -0.493 e. The van der Waals surface area contributed by atoms with Crippen molar-refractivity contribution in [2.45, 2.75) is 25.8 Å². The number of ether oxygens (including phenoxy) is 3. The van der Waals surface area contributed by atoms with Crippen molar-refractivity contribution in [2.24, 2.45) is 5.73 Å². The Kier molecular flexibility index (Phi) is 8.06. The molecule has 1 saturated heterocycles. The highest BCUT2D eigenvalue weighted by molar-refractivity contribution is 7.80. The van der Waals surface area contributed by atoms with Crippen LogP contribution in [0.5, 0.6) is 11.5 Å². The van der Waals surface area contributed by atoms with E-state index in [2.05, 4.69) is 0 Å². The molecule has 1 fully saturated rings. The van der Waals surface area contributed by atoms with E-state index in [1.54, 1.807) is 56.4 Å². The monoisotopic (exact) mass is 485 g/mol. The number of amides is 2. The van der Waals surface area contributed by atoms with Crippen LogP contribution in [0.1, 0.15) is 29.3 Å².